The third-order valence-corrected chi connectivity index (χ3v) is 5.67. The Morgan fingerprint density at radius 2 is 1.85 bits per heavy atom. The van der Waals surface area contributed by atoms with Crippen molar-refractivity contribution in [2.24, 2.45) is 0 Å². The Labute approximate surface area is 120 Å². The minimum atomic E-state index is -3.38. The van der Waals surface area contributed by atoms with Crippen molar-refractivity contribution in [3.05, 3.63) is 35.6 Å². The molecule has 6 heteroatoms. The first kappa shape index (κ1) is 15.4. The van der Waals surface area contributed by atoms with Crippen molar-refractivity contribution in [3.8, 4) is 0 Å². The van der Waals surface area contributed by atoms with Crippen LogP contribution in [0, 0.1) is 5.82 Å². The molecule has 0 bridgehead atoms. The lowest BCUT2D eigenvalue weighted by molar-refractivity contribution is 0.371. The average molecular weight is 300 g/mol. The van der Waals surface area contributed by atoms with E-state index in [9.17, 15) is 12.8 Å². The van der Waals surface area contributed by atoms with Crippen LogP contribution in [0.3, 0.4) is 0 Å². The van der Waals surface area contributed by atoms with Crippen LogP contribution < -0.4 is 0 Å². The molecule has 1 aliphatic rings. The molecule has 1 atom stereocenters. The first-order chi connectivity index (χ1) is 9.41. The third-order valence-electron chi connectivity index (χ3n) is 3.76. The minimum absolute atomic E-state index is 0.132. The molecular formula is C14H21FN2O2S. The van der Waals surface area contributed by atoms with E-state index in [2.05, 4.69) is 0 Å². The van der Waals surface area contributed by atoms with Gasteiger partial charge in [0.25, 0.3) is 10.2 Å². The van der Waals surface area contributed by atoms with E-state index in [1.54, 1.807) is 26.2 Å². The highest BCUT2D eigenvalue weighted by Crippen LogP contribution is 2.28. The maximum atomic E-state index is 13.0. The van der Waals surface area contributed by atoms with Gasteiger partial charge in [-0.2, -0.15) is 17.0 Å². The summed E-state index contributed by atoms with van der Waals surface area (Å²) in [4.78, 5) is 0. The van der Waals surface area contributed by atoms with Crippen LogP contribution in [0.2, 0.25) is 0 Å². The summed E-state index contributed by atoms with van der Waals surface area (Å²) in [6, 6.07) is 6.38. The summed E-state index contributed by atoms with van der Waals surface area (Å²) in [5.41, 5.74) is 1.01. The summed E-state index contributed by atoms with van der Waals surface area (Å²) in [7, 11) is -0.282. The number of hydrogen-bond acceptors (Lipinski definition) is 2. The maximum absolute atomic E-state index is 13.0. The number of nitrogens with zero attached hydrogens (tertiary/aromatic N) is 2. The van der Waals surface area contributed by atoms with E-state index in [-0.39, 0.29) is 11.7 Å². The van der Waals surface area contributed by atoms with Gasteiger partial charge in [0.15, 0.2) is 0 Å². The highest BCUT2D eigenvalue weighted by atomic mass is 32.2. The second-order valence-corrected chi connectivity index (χ2v) is 7.53. The van der Waals surface area contributed by atoms with Gasteiger partial charge in [-0.15, -0.1) is 0 Å². The highest BCUT2D eigenvalue weighted by molar-refractivity contribution is 7.86. The van der Waals surface area contributed by atoms with E-state index in [1.165, 1.54) is 20.7 Å². The summed E-state index contributed by atoms with van der Waals surface area (Å²) >= 11 is 0. The first-order valence-corrected chi connectivity index (χ1v) is 8.24. The van der Waals surface area contributed by atoms with Crippen LogP contribution in [0.4, 0.5) is 4.39 Å². The molecule has 0 amide bonds. The molecule has 2 rings (SSSR count). The van der Waals surface area contributed by atoms with Crippen molar-refractivity contribution in [2.75, 3.05) is 27.2 Å². The predicted molar refractivity (Wildman–Crippen MR) is 77.2 cm³/mol. The van der Waals surface area contributed by atoms with Gasteiger partial charge in [0, 0.05) is 27.2 Å². The van der Waals surface area contributed by atoms with Crippen molar-refractivity contribution in [2.45, 2.75) is 25.2 Å². The van der Waals surface area contributed by atoms with Crippen molar-refractivity contribution in [1.82, 2.24) is 8.61 Å². The zero-order chi connectivity index (χ0) is 14.8. The molecule has 20 heavy (non-hydrogen) atoms. The molecule has 1 saturated heterocycles. The molecule has 0 aliphatic carbocycles. The van der Waals surface area contributed by atoms with Gasteiger partial charge in [0.2, 0.25) is 0 Å². The standard InChI is InChI=1S/C14H21FN2O2S/c1-16(2)20(18,19)17-10-4-3-5-13(11-17)12-6-8-14(15)9-7-12/h6-9,13H,3-5,10-11H2,1-2H3. The Morgan fingerprint density at radius 1 is 1.20 bits per heavy atom. The van der Waals surface area contributed by atoms with E-state index in [1.807, 2.05) is 0 Å². The van der Waals surface area contributed by atoms with Crippen LogP contribution in [0.15, 0.2) is 24.3 Å². The lowest BCUT2D eigenvalue weighted by Crippen LogP contribution is -2.41. The second kappa shape index (κ2) is 6.20. The molecule has 0 saturated carbocycles. The van der Waals surface area contributed by atoms with Gasteiger partial charge in [0.1, 0.15) is 5.82 Å². The Bertz CT molecular complexity index is 543. The van der Waals surface area contributed by atoms with Gasteiger partial charge >= 0.3 is 0 Å². The minimum Gasteiger partial charge on any atom is -0.207 e. The van der Waals surface area contributed by atoms with Crippen LogP contribution in [-0.2, 0) is 10.2 Å². The van der Waals surface area contributed by atoms with Crippen molar-refractivity contribution in [3.63, 3.8) is 0 Å². The molecule has 1 aromatic carbocycles. The van der Waals surface area contributed by atoms with Crippen LogP contribution in [0.25, 0.3) is 0 Å². The van der Waals surface area contributed by atoms with Gasteiger partial charge in [0.05, 0.1) is 0 Å². The van der Waals surface area contributed by atoms with E-state index >= 15 is 0 Å². The van der Waals surface area contributed by atoms with Crippen LogP contribution in [0.1, 0.15) is 30.7 Å². The lowest BCUT2D eigenvalue weighted by Gasteiger charge is -2.26. The van der Waals surface area contributed by atoms with E-state index in [4.69, 9.17) is 0 Å². The monoisotopic (exact) mass is 300 g/mol. The third kappa shape index (κ3) is 3.37. The zero-order valence-electron chi connectivity index (χ0n) is 11.9. The molecule has 1 aromatic rings. The lowest BCUT2D eigenvalue weighted by atomic mass is 9.95. The molecule has 112 valence electrons. The van der Waals surface area contributed by atoms with Gasteiger partial charge in [-0.25, -0.2) is 4.39 Å². The molecule has 1 fully saturated rings. The van der Waals surface area contributed by atoms with Gasteiger partial charge in [-0.05, 0) is 36.5 Å². The molecule has 0 aromatic heterocycles. The summed E-state index contributed by atoms with van der Waals surface area (Å²) < 4.78 is 40.3. The summed E-state index contributed by atoms with van der Waals surface area (Å²) in [6.45, 7) is 1.02. The van der Waals surface area contributed by atoms with E-state index < -0.39 is 10.2 Å². The largest absolute Gasteiger partial charge is 0.281 e. The SMILES string of the molecule is CN(C)S(=O)(=O)N1CCCCC(c2ccc(F)cc2)C1. The zero-order valence-corrected chi connectivity index (χ0v) is 12.7. The fourth-order valence-electron chi connectivity index (χ4n) is 2.55. The first-order valence-electron chi connectivity index (χ1n) is 6.84. The molecule has 0 radical (unpaired) electrons. The maximum Gasteiger partial charge on any atom is 0.281 e. The summed E-state index contributed by atoms with van der Waals surface area (Å²) in [5, 5.41) is 0. The van der Waals surface area contributed by atoms with E-state index in [0.29, 0.717) is 13.1 Å². The fourth-order valence-corrected chi connectivity index (χ4v) is 3.74. The quantitative estimate of drug-likeness (QED) is 0.858. The number of hydrogen-bond donors (Lipinski definition) is 0. The highest BCUT2D eigenvalue weighted by Gasteiger charge is 2.29. The predicted octanol–water partition coefficient (Wildman–Crippen LogP) is 2.20. The van der Waals surface area contributed by atoms with Crippen molar-refractivity contribution < 1.29 is 12.8 Å². The Morgan fingerprint density at radius 3 is 2.45 bits per heavy atom. The van der Waals surface area contributed by atoms with Crippen LogP contribution >= 0.6 is 0 Å². The van der Waals surface area contributed by atoms with E-state index in [0.717, 1.165) is 24.8 Å². The Kier molecular flexibility index (Phi) is 4.78. The molecule has 0 N–H and O–H groups in total. The summed E-state index contributed by atoms with van der Waals surface area (Å²) in [6.07, 6.45) is 2.79. The van der Waals surface area contributed by atoms with Crippen LogP contribution in [0.5, 0.6) is 0 Å². The van der Waals surface area contributed by atoms with Crippen molar-refractivity contribution in [1.29, 1.82) is 0 Å². The number of benzene rings is 1. The molecule has 1 heterocycles. The summed E-state index contributed by atoms with van der Waals surface area (Å²) in [5.74, 6) is -0.132. The van der Waals surface area contributed by atoms with Crippen LogP contribution in [-0.4, -0.2) is 44.2 Å². The van der Waals surface area contributed by atoms with Gasteiger partial charge in [-0.1, -0.05) is 18.6 Å². The fraction of sp³-hybridized carbons (Fsp3) is 0.571. The second-order valence-electron chi connectivity index (χ2n) is 5.39. The molecule has 1 aliphatic heterocycles. The average Bonchev–Trinajstić information content (AvgIpc) is 2.65. The molecular weight excluding hydrogens is 279 g/mol. The molecule has 0 spiro atoms. The van der Waals surface area contributed by atoms with Gasteiger partial charge < -0.3 is 0 Å². The number of halogens is 1. The Hall–Kier alpha value is -0.980. The number of rotatable bonds is 3. The normalized spacial score (nSPS) is 21.9. The van der Waals surface area contributed by atoms with Gasteiger partial charge in [-0.3, -0.25) is 0 Å². The topological polar surface area (TPSA) is 40.6 Å². The Balaban J connectivity index is 2.21. The smallest absolute Gasteiger partial charge is 0.207 e. The van der Waals surface area contributed by atoms with Crippen molar-refractivity contribution >= 4 is 10.2 Å². The molecule has 4 nitrogen and oxygen atoms in total. The molecule has 1 unspecified atom stereocenters.